The Morgan fingerprint density at radius 2 is 2.24 bits per heavy atom. The third-order valence-electron chi connectivity index (χ3n) is 4.00. The van der Waals surface area contributed by atoms with Gasteiger partial charge < -0.3 is 25.4 Å². The summed E-state index contributed by atoms with van der Waals surface area (Å²) >= 11 is 0. The number of aliphatic hydroxyl groups is 2. The first kappa shape index (κ1) is 19.3. The summed E-state index contributed by atoms with van der Waals surface area (Å²) in [5.41, 5.74) is 5.43. The SMILES string of the molecule is CCN(N)C(=O)CO[C@@H]1[C@H](O)[C@@H](CO)O[C@H]1n1cc(C)c(N)nc1=O. The maximum atomic E-state index is 12.1. The number of anilines is 1. The van der Waals surface area contributed by atoms with Gasteiger partial charge in [-0.15, -0.1) is 0 Å². The zero-order valence-corrected chi connectivity index (χ0v) is 14.0. The van der Waals surface area contributed by atoms with Crippen LogP contribution in [0.3, 0.4) is 0 Å². The van der Waals surface area contributed by atoms with Gasteiger partial charge in [-0.2, -0.15) is 4.98 Å². The normalized spacial score (nSPS) is 26.0. The van der Waals surface area contributed by atoms with E-state index in [0.29, 0.717) is 5.56 Å². The minimum Gasteiger partial charge on any atom is -0.394 e. The number of carbonyl (C=O) groups excluding carboxylic acids is 1. The van der Waals surface area contributed by atoms with Crippen LogP contribution in [0.15, 0.2) is 11.0 Å². The van der Waals surface area contributed by atoms with Gasteiger partial charge in [-0.25, -0.2) is 10.6 Å². The van der Waals surface area contributed by atoms with Crippen LogP contribution in [0.2, 0.25) is 0 Å². The third kappa shape index (κ3) is 3.96. The quantitative estimate of drug-likeness (QED) is 0.244. The highest BCUT2D eigenvalue weighted by Crippen LogP contribution is 2.31. The second-order valence-corrected chi connectivity index (χ2v) is 5.69. The molecule has 0 aliphatic carbocycles. The van der Waals surface area contributed by atoms with Crippen molar-refractivity contribution in [3.8, 4) is 0 Å². The molecule has 1 aromatic heterocycles. The lowest BCUT2D eigenvalue weighted by Gasteiger charge is -2.23. The molecule has 0 saturated carbocycles. The Labute approximate surface area is 143 Å². The zero-order chi connectivity index (χ0) is 18.7. The van der Waals surface area contributed by atoms with Crippen LogP contribution in [0.1, 0.15) is 18.7 Å². The number of likely N-dealkylation sites (N-methyl/N-ethyl adjacent to an activating group) is 1. The van der Waals surface area contributed by atoms with E-state index in [1.807, 2.05) is 0 Å². The molecule has 1 aromatic rings. The van der Waals surface area contributed by atoms with Crippen molar-refractivity contribution in [2.45, 2.75) is 38.4 Å². The van der Waals surface area contributed by atoms with E-state index in [1.54, 1.807) is 13.8 Å². The molecule has 25 heavy (non-hydrogen) atoms. The van der Waals surface area contributed by atoms with Crippen LogP contribution < -0.4 is 17.3 Å². The van der Waals surface area contributed by atoms with Gasteiger partial charge in [-0.3, -0.25) is 14.4 Å². The summed E-state index contributed by atoms with van der Waals surface area (Å²) in [4.78, 5) is 27.6. The first-order chi connectivity index (χ1) is 11.8. The van der Waals surface area contributed by atoms with Crippen molar-refractivity contribution in [1.82, 2.24) is 14.6 Å². The summed E-state index contributed by atoms with van der Waals surface area (Å²) in [5.74, 6) is 5.06. The smallest absolute Gasteiger partial charge is 0.351 e. The van der Waals surface area contributed by atoms with E-state index in [-0.39, 0.29) is 12.4 Å². The van der Waals surface area contributed by atoms with Crippen LogP contribution in [0.4, 0.5) is 5.82 Å². The van der Waals surface area contributed by atoms with E-state index >= 15 is 0 Å². The summed E-state index contributed by atoms with van der Waals surface area (Å²) in [6.45, 7) is 2.73. The minimum absolute atomic E-state index is 0.0767. The average Bonchev–Trinajstić information content (AvgIpc) is 2.90. The molecule has 0 unspecified atom stereocenters. The number of nitrogens with two attached hydrogens (primary N) is 2. The van der Waals surface area contributed by atoms with Crippen LogP contribution in [0.25, 0.3) is 0 Å². The van der Waals surface area contributed by atoms with Crippen molar-refractivity contribution in [2.24, 2.45) is 5.84 Å². The Bertz CT molecular complexity index is 680. The predicted octanol–water partition coefficient (Wildman–Crippen LogP) is -2.51. The fourth-order valence-electron chi connectivity index (χ4n) is 2.46. The van der Waals surface area contributed by atoms with E-state index in [0.717, 1.165) is 9.58 Å². The molecule has 1 aliphatic heterocycles. The summed E-state index contributed by atoms with van der Waals surface area (Å²) < 4.78 is 12.1. The number of hydrogen-bond acceptors (Lipinski definition) is 9. The van der Waals surface area contributed by atoms with Crippen LogP contribution in [0.5, 0.6) is 0 Å². The number of hydrazine groups is 1. The van der Waals surface area contributed by atoms with Gasteiger partial charge in [0.15, 0.2) is 6.23 Å². The number of aliphatic hydroxyl groups excluding tert-OH is 2. The predicted molar refractivity (Wildman–Crippen MR) is 86.0 cm³/mol. The molecule has 1 aliphatic rings. The maximum Gasteiger partial charge on any atom is 0.351 e. The lowest BCUT2D eigenvalue weighted by molar-refractivity contribution is -0.143. The summed E-state index contributed by atoms with van der Waals surface area (Å²) in [5, 5.41) is 20.6. The van der Waals surface area contributed by atoms with Gasteiger partial charge in [-0.05, 0) is 13.8 Å². The Morgan fingerprint density at radius 3 is 2.84 bits per heavy atom. The molecule has 1 amide bonds. The van der Waals surface area contributed by atoms with Crippen LogP contribution >= 0.6 is 0 Å². The molecule has 6 N–H and O–H groups in total. The van der Waals surface area contributed by atoms with Gasteiger partial charge in [0.25, 0.3) is 5.91 Å². The number of nitrogens with zero attached hydrogens (tertiary/aromatic N) is 3. The molecular weight excluding hydrogens is 334 g/mol. The highest BCUT2D eigenvalue weighted by Gasteiger charge is 2.46. The maximum absolute atomic E-state index is 12.1. The first-order valence-electron chi connectivity index (χ1n) is 7.76. The Hall–Kier alpha value is -2.05. The monoisotopic (exact) mass is 357 g/mol. The molecule has 11 nitrogen and oxygen atoms in total. The summed E-state index contributed by atoms with van der Waals surface area (Å²) in [6.07, 6.45) is -2.96. The van der Waals surface area contributed by atoms with Gasteiger partial charge in [-0.1, -0.05) is 0 Å². The lowest BCUT2D eigenvalue weighted by atomic mass is 10.1. The summed E-state index contributed by atoms with van der Waals surface area (Å²) in [7, 11) is 0. The van der Waals surface area contributed by atoms with Crippen molar-refractivity contribution in [1.29, 1.82) is 0 Å². The molecule has 1 saturated heterocycles. The Morgan fingerprint density at radius 1 is 1.56 bits per heavy atom. The third-order valence-corrected chi connectivity index (χ3v) is 4.00. The van der Waals surface area contributed by atoms with E-state index < -0.39 is 49.4 Å². The van der Waals surface area contributed by atoms with E-state index in [9.17, 15) is 19.8 Å². The van der Waals surface area contributed by atoms with Crippen molar-refractivity contribution < 1.29 is 24.5 Å². The number of hydrogen-bond donors (Lipinski definition) is 4. The van der Waals surface area contributed by atoms with Crippen LogP contribution in [-0.2, 0) is 14.3 Å². The number of carbonyl (C=O) groups is 1. The topological polar surface area (TPSA) is 166 Å². The van der Waals surface area contributed by atoms with E-state index in [4.69, 9.17) is 21.1 Å². The number of aryl methyl sites for hydroxylation is 1. The van der Waals surface area contributed by atoms with Gasteiger partial charge in [0, 0.05) is 18.3 Å². The molecule has 1 fully saturated rings. The van der Waals surface area contributed by atoms with E-state index in [1.165, 1.54) is 6.20 Å². The van der Waals surface area contributed by atoms with E-state index in [2.05, 4.69) is 4.98 Å². The molecule has 2 heterocycles. The van der Waals surface area contributed by atoms with Gasteiger partial charge in [0.2, 0.25) is 0 Å². The van der Waals surface area contributed by atoms with Crippen molar-refractivity contribution >= 4 is 11.7 Å². The second kappa shape index (κ2) is 7.89. The molecule has 0 spiro atoms. The molecule has 140 valence electrons. The highest BCUT2D eigenvalue weighted by molar-refractivity contribution is 5.76. The largest absolute Gasteiger partial charge is 0.394 e. The minimum atomic E-state index is -1.25. The molecule has 0 radical (unpaired) electrons. The Kier molecular flexibility index (Phi) is 6.08. The summed E-state index contributed by atoms with van der Waals surface area (Å²) in [6, 6.07) is 0. The highest BCUT2D eigenvalue weighted by atomic mass is 16.6. The van der Waals surface area contributed by atoms with Crippen molar-refractivity contribution in [3.63, 3.8) is 0 Å². The molecule has 2 rings (SSSR count). The number of ether oxygens (including phenoxy) is 2. The van der Waals surface area contributed by atoms with Gasteiger partial charge >= 0.3 is 5.69 Å². The molecule has 0 aromatic carbocycles. The number of aromatic nitrogens is 2. The first-order valence-corrected chi connectivity index (χ1v) is 7.76. The molecule has 0 bridgehead atoms. The lowest BCUT2D eigenvalue weighted by Crippen LogP contribution is -2.43. The molecular formula is C14H23N5O6. The second-order valence-electron chi connectivity index (χ2n) is 5.69. The van der Waals surface area contributed by atoms with Gasteiger partial charge in [0.1, 0.15) is 30.7 Å². The van der Waals surface area contributed by atoms with Crippen molar-refractivity contribution in [3.05, 3.63) is 22.2 Å². The molecule has 4 atom stereocenters. The number of amides is 1. The molecule has 11 heteroatoms. The number of rotatable bonds is 6. The fourth-order valence-corrected chi connectivity index (χ4v) is 2.46. The fraction of sp³-hybridized carbons (Fsp3) is 0.643. The van der Waals surface area contributed by atoms with Crippen LogP contribution in [0, 0.1) is 6.92 Å². The Balaban J connectivity index is 2.26. The van der Waals surface area contributed by atoms with Crippen LogP contribution in [-0.4, -0.2) is 68.8 Å². The van der Waals surface area contributed by atoms with Crippen molar-refractivity contribution in [2.75, 3.05) is 25.5 Å². The van der Waals surface area contributed by atoms with Gasteiger partial charge in [0.05, 0.1) is 6.61 Å². The zero-order valence-electron chi connectivity index (χ0n) is 14.0. The average molecular weight is 357 g/mol. The number of nitrogen functional groups attached to an aromatic ring is 1. The standard InChI is InChI=1S/C14H23N5O6/c1-3-19(16)9(21)6-24-11-10(22)8(5-20)25-13(11)18-4-7(2)12(15)17-14(18)23/h4,8,10-11,13,20,22H,3,5-6,16H2,1-2H3,(H2,15,17,23)/t8-,10-,11-,13-/m1/s1.